The molecule has 4 nitrogen and oxygen atoms in total. The number of hydrogen-bond acceptors (Lipinski definition) is 4. The van der Waals surface area contributed by atoms with Gasteiger partial charge >= 0.3 is 24.4 Å². The second kappa shape index (κ2) is 36.7. The molecule has 0 fully saturated rings. The summed E-state index contributed by atoms with van der Waals surface area (Å²) in [6, 6.07) is 0.136. The second-order valence-corrected chi connectivity index (χ2v) is 8.72. The molecule has 0 radical (unpaired) electrons. The summed E-state index contributed by atoms with van der Waals surface area (Å²) in [5.74, 6) is 0.322. The molecule has 0 aliphatic rings. The first-order valence-electron chi connectivity index (χ1n) is 12.8. The summed E-state index contributed by atoms with van der Waals surface area (Å²) in [6.07, 6.45) is 21.5. The van der Waals surface area contributed by atoms with Gasteiger partial charge < -0.3 is 15.2 Å². The van der Waals surface area contributed by atoms with E-state index in [4.69, 9.17) is 15.2 Å². The molecule has 0 bridgehead atoms. The van der Waals surface area contributed by atoms with Gasteiger partial charge in [-0.2, -0.15) is 0 Å². The monoisotopic (exact) mass is 682 g/mol. The van der Waals surface area contributed by atoms with Crippen molar-refractivity contribution >= 4 is 24.8 Å². The molecule has 32 heavy (non-hydrogen) atoms. The first kappa shape index (κ1) is 40.3. The van der Waals surface area contributed by atoms with Crippen LogP contribution in [0.4, 0.5) is 0 Å². The number of hydrogen-bond donors (Lipinski definition) is 2. The number of nitrogens with two attached hydrogens (primary N) is 2. The molecule has 0 spiro atoms. The van der Waals surface area contributed by atoms with Crippen LogP contribution in [-0.4, -0.2) is 32.5 Å². The van der Waals surface area contributed by atoms with Crippen molar-refractivity contribution in [3.05, 3.63) is 0 Å². The zero-order valence-corrected chi connectivity index (χ0v) is 25.3. The summed E-state index contributed by atoms with van der Waals surface area (Å²) in [7, 11) is 0. The van der Waals surface area contributed by atoms with E-state index in [0.717, 1.165) is 26.4 Å². The molecule has 7 heteroatoms. The van der Waals surface area contributed by atoms with Crippen molar-refractivity contribution in [2.24, 2.45) is 15.9 Å². The van der Waals surface area contributed by atoms with Crippen molar-refractivity contribution in [1.29, 1.82) is 0 Å². The molecule has 203 valence electrons. The molecule has 0 amide bonds. The van der Waals surface area contributed by atoms with Crippen molar-refractivity contribution in [2.75, 3.05) is 26.4 Å². The van der Waals surface area contributed by atoms with Crippen LogP contribution in [0.25, 0.3) is 0 Å². The Balaban J connectivity index is -0.000000950. The van der Waals surface area contributed by atoms with Crippen LogP contribution in [0.5, 0.6) is 0 Å². The molecule has 0 saturated carbocycles. The summed E-state index contributed by atoms with van der Waals surface area (Å²) >= 11 is 1.64. The molecule has 1 unspecified atom stereocenters. The summed E-state index contributed by atoms with van der Waals surface area (Å²) in [5.41, 5.74) is 6.12. The number of halogens is 2. The van der Waals surface area contributed by atoms with Gasteiger partial charge in [-0.05, 0) is 19.8 Å². The van der Waals surface area contributed by atoms with E-state index in [1.54, 1.807) is 20.1 Å². The Morgan fingerprint density at radius 1 is 0.562 bits per heavy atom. The Hall–Kier alpha value is 1.11. The van der Waals surface area contributed by atoms with Gasteiger partial charge in [0.05, 0.1) is 13.2 Å². The van der Waals surface area contributed by atoms with Gasteiger partial charge in [0, 0.05) is 25.2 Å². The van der Waals surface area contributed by atoms with Crippen LogP contribution in [0, 0.1) is 5.92 Å². The zero-order chi connectivity index (χ0) is 22.7. The van der Waals surface area contributed by atoms with Gasteiger partial charge in [0.2, 0.25) is 0 Å². The van der Waals surface area contributed by atoms with Crippen molar-refractivity contribution in [2.45, 2.75) is 130 Å². The number of unbranched alkanes of at least 4 members (excludes halogenated alkanes) is 14. The van der Waals surface area contributed by atoms with Crippen molar-refractivity contribution in [1.82, 2.24) is 0 Å². The molecule has 0 rings (SSSR count). The molecule has 4 N–H and O–H groups in total. The Kier molecular flexibility index (Phi) is 46.2. The van der Waals surface area contributed by atoms with Crippen molar-refractivity contribution < 1.29 is 29.5 Å². The summed E-state index contributed by atoms with van der Waals surface area (Å²) < 4.78 is 16.2. The SMILES string of the molecule is CCCCCCCCCCOCC(COCCCCCCCCCC)C(C)N.Cl.Cl.[NH2][Pt]. The van der Waals surface area contributed by atoms with Gasteiger partial charge in [0.15, 0.2) is 0 Å². The van der Waals surface area contributed by atoms with E-state index in [2.05, 4.69) is 25.1 Å². The topological polar surface area (TPSA) is 70.5 Å². The predicted octanol–water partition coefficient (Wildman–Crippen LogP) is 7.51. The molecule has 0 aromatic rings. The summed E-state index contributed by atoms with van der Waals surface area (Å²) in [6.45, 7) is 9.84. The Morgan fingerprint density at radius 3 is 1.12 bits per heavy atom. The van der Waals surface area contributed by atoms with Crippen LogP contribution < -0.4 is 10.0 Å². The quantitative estimate of drug-likeness (QED) is 0.109. The predicted molar refractivity (Wildman–Crippen MR) is 143 cm³/mol. The van der Waals surface area contributed by atoms with E-state index in [1.807, 2.05) is 0 Å². The maximum absolute atomic E-state index is 6.12. The van der Waals surface area contributed by atoms with Crippen molar-refractivity contribution in [3.8, 4) is 0 Å². The average molecular weight is 684 g/mol. The van der Waals surface area contributed by atoms with Gasteiger partial charge in [-0.3, -0.25) is 0 Å². The molecular weight excluding hydrogens is 626 g/mol. The maximum atomic E-state index is 6.12. The van der Waals surface area contributed by atoms with Gasteiger partial charge in [-0.15, -0.1) is 24.8 Å². The van der Waals surface area contributed by atoms with Gasteiger partial charge in [0.25, 0.3) is 0 Å². The normalized spacial score (nSPS) is 11.4. The molecule has 0 heterocycles. The Labute approximate surface area is 225 Å². The fourth-order valence-corrected chi connectivity index (χ4v) is 3.50. The molecule has 0 aliphatic carbocycles. The van der Waals surface area contributed by atoms with E-state index >= 15 is 0 Å². The third-order valence-electron chi connectivity index (χ3n) is 5.69. The average Bonchev–Trinajstić information content (AvgIpc) is 2.76. The van der Waals surface area contributed by atoms with Crippen LogP contribution in [-0.2, 0) is 29.5 Å². The van der Waals surface area contributed by atoms with E-state index in [-0.39, 0.29) is 30.9 Å². The van der Waals surface area contributed by atoms with Crippen molar-refractivity contribution in [3.63, 3.8) is 0 Å². The standard InChI is InChI=1S/C25H53NO2.2ClH.H2N.Pt/c1-4-6-8-10-12-14-16-18-20-27-22-25(24(3)26)23-28-21-19-17-15-13-11-9-7-5-2;;;;/h24-25H,4-23,26H2,1-3H3;2*1H;1H2;/q;;;-1;+1. The van der Waals surface area contributed by atoms with E-state index in [0.29, 0.717) is 5.92 Å². The fourth-order valence-electron chi connectivity index (χ4n) is 3.50. The third-order valence-corrected chi connectivity index (χ3v) is 5.69. The first-order valence-corrected chi connectivity index (χ1v) is 14.1. The number of ether oxygens (including phenoxy) is 2. The minimum atomic E-state index is 0. The summed E-state index contributed by atoms with van der Waals surface area (Å²) in [5, 5.41) is 0. The second-order valence-electron chi connectivity index (χ2n) is 8.72. The third kappa shape index (κ3) is 33.3. The van der Waals surface area contributed by atoms with E-state index in [1.165, 1.54) is 103 Å². The zero-order valence-electron chi connectivity index (χ0n) is 21.4. The Morgan fingerprint density at radius 2 is 0.844 bits per heavy atom. The van der Waals surface area contributed by atoms with Crippen LogP contribution in [0.2, 0.25) is 0 Å². The molecule has 0 aromatic carbocycles. The van der Waals surface area contributed by atoms with Gasteiger partial charge in [-0.25, -0.2) is 0 Å². The summed E-state index contributed by atoms with van der Waals surface area (Å²) in [4.78, 5) is 0. The molecule has 0 aliphatic heterocycles. The van der Waals surface area contributed by atoms with Crippen LogP contribution in [0.3, 0.4) is 0 Å². The van der Waals surface area contributed by atoms with Crippen LogP contribution in [0.1, 0.15) is 124 Å². The van der Waals surface area contributed by atoms with Gasteiger partial charge in [0.1, 0.15) is 0 Å². The van der Waals surface area contributed by atoms with E-state index in [9.17, 15) is 0 Å². The molecule has 0 saturated heterocycles. The Bertz CT molecular complexity index is 281. The molecular formula is C25H57Cl2N2O2Pt. The van der Waals surface area contributed by atoms with Crippen LogP contribution >= 0.6 is 24.8 Å². The first-order chi connectivity index (χ1) is 14.7. The minimum absolute atomic E-state index is 0. The molecule has 1 atom stereocenters. The van der Waals surface area contributed by atoms with Gasteiger partial charge in [-0.1, -0.05) is 104 Å². The van der Waals surface area contributed by atoms with Crippen LogP contribution in [0.15, 0.2) is 0 Å². The van der Waals surface area contributed by atoms with E-state index < -0.39 is 0 Å². The molecule has 0 aromatic heterocycles. The fraction of sp³-hybridized carbons (Fsp3) is 1.00. The number of rotatable bonds is 23.